The number of benzene rings is 1. The minimum absolute atomic E-state index is 0.733. The molecule has 1 aliphatic rings. The summed E-state index contributed by atoms with van der Waals surface area (Å²) >= 11 is 0. The van der Waals surface area contributed by atoms with Crippen molar-refractivity contribution in [2.75, 3.05) is 32.8 Å². The van der Waals surface area contributed by atoms with E-state index in [0.717, 1.165) is 45.1 Å². The van der Waals surface area contributed by atoms with Crippen molar-refractivity contribution < 1.29 is 4.74 Å². The van der Waals surface area contributed by atoms with Crippen LogP contribution in [0, 0.1) is 0 Å². The molecule has 88 valence electrons. The molecule has 3 heteroatoms. The van der Waals surface area contributed by atoms with Crippen LogP contribution in [0.15, 0.2) is 24.3 Å². The lowest BCUT2D eigenvalue weighted by Crippen LogP contribution is -2.42. The van der Waals surface area contributed by atoms with E-state index in [0.29, 0.717) is 0 Å². The van der Waals surface area contributed by atoms with Gasteiger partial charge < -0.3 is 10.1 Å². The third-order valence-electron chi connectivity index (χ3n) is 2.85. The van der Waals surface area contributed by atoms with Gasteiger partial charge in [-0.1, -0.05) is 12.1 Å². The molecule has 1 fully saturated rings. The Kier molecular flexibility index (Phi) is 4.19. The highest BCUT2D eigenvalue weighted by Gasteiger charge is 2.09. The SMILES string of the molecule is CCOc1ccc(CN2CCNCC2)cc1. The van der Waals surface area contributed by atoms with Gasteiger partial charge in [0, 0.05) is 32.7 Å². The minimum atomic E-state index is 0.733. The summed E-state index contributed by atoms with van der Waals surface area (Å²) in [6.45, 7) is 8.30. The largest absolute Gasteiger partial charge is 0.494 e. The Balaban J connectivity index is 1.88. The van der Waals surface area contributed by atoms with E-state index in [9.17, 15) is 0 Å². The zero-order valence-corrected chi connectivity index (χ0v) is 9.91. The summed E-state index contributed by atoms with van der Waals surface area (Å²) < 4.78 is 5.43. The lowest BCUT2D eigenvalue weighted by atomic mass is 10.2. The fourth-order valence-electron chi connectivity index (χ4n) is 1.99. The van der Waals surface area contributed by atoms with E-state index in [2.05, 4.69) is 34.5 Å². The molecule has 3 nitrogen and oxygen atoms in total. The number of nitrogens with zero attached hydrogens (tertiary/aromatic N) is 1. The van der Waals surface area contributed by atoms with Crippen molar-refractivity contribution in [3.05, 3.63) is 29.8 Å². The summed E-state index contributed by atoms with van der Waals surface area (Å²) in [7, 11) is 0. The van der Waals surface area contributed by atoms with E-state index in [1.54, 1.807) is 0 Å². The summed E-state index contributed by atoms with van der Waals surface area (Å²) in [5, 5.41) is 3.36. The second kappa shape index (κ2) is 5.87. The number of rotatable bonds is 4. The van der Waals surface area contributed by atoms with Crippen LogP contribution in [0.2, 0.25) is 0 Å². The maximum atomic E-state index is 5.43. The lowest BCUT2D eigenvalue weighted by Gasteiger charge is -2.27. The maximum Gasteiger partial charge on any atom is 0.119 e. The predicted molar refractivity (Wildman–Crippen MR) is 65.8 cm³/mol. The third-order valence-corrected chi connectivity index (χ3v) is 2.85. The maximum absolute atomic E-state index is 5.43. The molecule has 0 radical (unpaired) electrons. The van der Waals surface area contributed by atoms with Crippen LogP contribution in [0.25, 0.3) is 0 Å². The zero-order chi connectivity index (χ0) is 11.2. The summed E-state index contributed by atoms with van der Waals surface area (Å²) in [5.41, 5.74) is 1.37. The molecule has 0 bridgehead atoms. The Morgan fingerprint density at radius 3 is 2.50 bits per heavy atom. The van der Waals surface area contributed by atoms with Crippen molar-refractivity contribution in [3.63, 3.8) is 0 Å². The topological polar surface area (TPSA) is 24.5 Å². The van der Waals surface area contributed by atoms with Gasteiger partial charge in [0.2, 0.25) is 0 Å². The number of ether oxygens (including phenoxy) is 1. The van der Waals surface area contributed by atoms with Gasteiger partial charge >= 0.3 is 0 Å². The molecular formula is C13H20N2O. The quantitative estimate of drug-likeness (QED) is 0.832. The highest BCUT2D eigenvalue weighted by atomic mass is 16.5. The van der Waals surface area contributed by atoms with E-state index in [4.69, 9.17) is 4.74 Å². The van der Waals surface area contributed by atoms with Crippen molar-refractivity contribution in [1.29, 1.82) is 0 Å². The van der Waals surface area contributed by atoms with Gasteiger partial charge in [-0.05, 0) is 24.6 Å². The van der Waals surface area contributed by atoms with Crippen LogP contribution < -0.4 is 10.1 Å². The van der Waals surface area contributed by atoms with Crippen LogP contribution in [0.1, 0.15) is 12.5 Å². The van der Waals surface area contributed by atoms with Gasteiger partial charge in [0.1, 0.15) is 5.75 Å². The predicted octanol–water partition coefficient (Wildman–Crippen LogP) is 1.49. The average molecular weight is 220 g/mol. The number of nitrogens with one attached hydrogen (secondary N) is 1. The molecule has 0 amide bonds. The fourth-order valence-corrected chi connectivity index (χ4v) is 1.99. The first-order valence-electron chi connectivity index (χ1n) is 6.03. The second-order valence-electron chi connectivity index (χ2n) is 4.10. The molecule has 1 aliphatic heterocycles. The van der Waals surface area contributed by atoms with Crippen LogP contribution in [-0.4, -0.2) is 37.7 Å². The van der Waals surface area contributed by atoms with Crippen molar-refractivity contribution in [2.45, 2.75) is 13.5 Å². The normalized spacial score (nSPS) is 17.3. The molecule has 0 aromatic heterocycles. The first kappa shape index (κ1) is 11.4. The second-order valence-corrected chi connectivity index (χ2v) is 4.10. The molecule has 0 atom stereocenters. The number of hydrogen-bond donors (Lipinski definition) is 1. The van der Waals surface area contributed by atoms with Gasteiger partial charge in [-0.25, -0.2) is 0 Å². The molecule has 0 aliphatic carbocycles. The van der Waals surface area contributed by atoms with Gasteiger partial charge in [-0.15, -0.1) is 0 Å². The van der Waals surface area contributed by atoms with Crippen LogP contribution in [0.3, 0.4) is 0 Å². The van der Waals surface area contributed by atoms with Gasteiger partial charge in [-0.3, -0.25) is 4.90 Å². The molecule has 1 N–H and O–H groups in total. The Morgan fingerprint density at radius 2 is 1.88 bits per heavy atom. The molecule has 1 heterocycles. The van der Waals surface area contributed by atoms with Crippen LogP contribution in [-0.2, 0) is 6.54 Å². The molecule has 0 spiro atoms. The molecule has 1 aromatic rings. The fraction of sp³-hybridized carbons (Fsp3) is 0.538. The van der Waals surface area contributed by atoms with E-state index in [1.807, 2.05) is 6.92 Å². The Bertz CT molecular complexity index is 304. The minimum Gasteiger partial charge on any atom is -0.494 e. The van der Waals surface area contributed by atoms with E-state index < -0.39 is 0 Å². The van der Waals surface area contributed by atoms with Crippen molar-refractivity contribution >= 4 is 0 Å². The molecular weight excluding hydrogens is 200 g/mol. The molecule has 1 saturated heterocycles. The van der Waals surface area contributed by atoms with Gasteiger partial charge in [0.05, 0.1) is 6.61 Å². The Hall–Kier alpha value is -1.06. The average Bonchev–Trinajstić information content (AvgIpc) is 2.33. The Labute approximate surface area is 97.4 Å². The van der Waals surface area contributed by atoms with Crippen LogP contribution >= 0.6 is 0 Å². The number of piperazine rings is 1. The van der Waals surface area contributed by atoms with Crippen LogP contribution in [0.4, 0.5) is 0 Å². The van der Waals surface area contributed by atoms with E-state index in [-0.39, 0.29) is 0 Å². The highest BCUT2D eigenvalue weighted by Crippen LogP contribution is 2.13. The first-order valence-corrected chi connectivity index (χ1v) is 6.03. The molecule has 0 unspecified atom stereocenters. The standard InChI is InChI=1S/C13H20N2O/c1-2-16-13-5-3-12(4-6-13)11-15-9-7-14-8-10-15/h3-6,14H,2,7-11H2,1H3. The van der Waals surface area contributed by atoms with E-state index in [1.165, 1.54) is 5.56 Å². The zero-order valence-electron chi connectivity index (χ0n) is 9.91. The number of hydrogen-bond acceptors (Lipinski definition) is 3. The van der Waals surface area contributed by atoms with Crippen LogP contribution in [0.5, 0.6) is 5.75 Å². The molecule has 16 heavy (non-hydrogen) atoms. The molecule has 1 aromatic carbocycles. The first-order chi connectivity index (χ1) is 7.88. The third kappa shape index (κ3) is 3.22. The lowest BCUT2D eigenvalue weighted by molar-refractivity contribution is 0.233. The van der Waals surface area contributed by atoms with Gasteiger partial charge in [0.15, 0.2) is 0 Å². The molecule has 0 saturated carbocycles. The Morgan fingerprint density at radius 1 is 1.19 bits per heavy atom. The summed E-state index contributed by atoms with van der Waals surface area (Å²) in [6.07, 6.45) is 0. The van der Waals surface area contributed by atoms with E-state index >= 15 is 0 Å². The summed E-state index contributed by atoms with van der Waals surface area (Å²) in [6, 6.07) is 8.43. The van der Waals surface area contributed by atoms with Crippen molar-refractivity contribution in [2.24, 2.45) is 0 Å². The van der Waals surface area contributed by atoms with Gasteiger partial charge in [-0.2, -0.15) is 0 Å². The summed E-state index contributed by atoms with van der Waals surface area (Å²) in [4.78, 5) is 2.48. The van der Waals surface area contributed by atoms with Gasteiger partial charge in [0.25, 0.3) is 0 Å². The molecule has 2 rings (SSSR count). The summed E-state index contributed by atoms with van der Waals surface area (Å²) in [5.74, 6) is 0.964. The van der Waals surface area contributed by atoms with Crippen molar-refractivity contribution in [3.8, 4) is 5.75 Å². The smallest absolute Gasteiger partial charge is 0.119 e. The monoisotopic (exact) mass is 220 g/mol. The van der Waals surface area contributed by atoms with Crippen molar-refractivity contribution in [1.82, 2.24) is 10.2 Å². The highest BCUT2D eigenvalue weighted by molar-refractivity contribution is 5.27.